The molecule has 1 aromatic carbocycles. The van der Waals surface area contributed by atoms with Crippen LogP contribution in [0.2, 0.25) is 0 Å². The molecule has 1 aliphatic heterocycles. The molecule has 1 fully saturated rings. The number of likely N-dealkylation sites (tertiary alicyclic amines) is 1. The third kappa shape index (κ3) is 4.92. The number of benzene rings is 1. The van der Waals surface area contributed by atoms with Crippen LogP contribution in [0.25, 0.3) is 10.8 Å². The fourth-order valence-corrected chi connectivity index (χ4v) is 3.10. The van der Waals surface area contributed by atoms with E-state index in [1.165, 1.54) is 10.9 Å². The number of fused-ring (bicyclic) bond motifs is 1. The maximum Gasteiger partial charge on any atom is 0.410 e. The van der Waals surface area contributed by atoms with Gasteiger partial charge in [0.2, 0.25) is 0 Å². The van der Waals surface area contributed by atoms with E-state index in [-0.39, 0.29) is 6.09 Å². The number of amides is 1. The molecule has 0 aliphatic carbocycles. The van der Waals surface area contributed by atoms with E-state index < -0.39 is 5.60 Å². The summed E-state index contributed by atoms with van der Waals surface area (Å²) in [6.45, 7) is 8.04. The molecule has 1 amide bonds. The van der Waals surface area contributed by atoms with E-state index in [1.807, 2.05) is 44.1 Å². The number of rotatable bonds is 3. The molecule has 0 bridgehead atoms. The first kappa shape index (κ1) is 17.7. The van der Waals surface area contributed by atoms with Crippen LogP contribution >= 0.6 is 0 Å². The molecule has 5 heteroatoms. The summed E-state index contributed by atoms with van der Waals surface area (Å²) in [5, 5.41) is 6.00. The number of nitrogens with one attached hydrogen (secondary N) is 1. The van der Waals surface area contributed by atoms with Crippen LogP contribution in [-0.2, 0) is 11.3 Å². The van der Waals surface area contributed by atoms with Crippen molar-refractivity contribution in [3.05, 3.63) is 42.2 Å². The van der Waals surface area contributed by atoms with Gasteiger partial charge in [0.1, 0.15) is 5.60 Å². The molecule has 0 saturated carbocycles. The largest absolute Gasteiger partial charge is 0.444 e. The van der Waals surface area contributed by atoms with Gasteiger partial charge in [-0.1, -0.05) is 12.1 Å². The molecule has 5 nitrogen and oxygen atoms in total. The summed E-state index contributed by atoms with van der Waals surface area (Å²) in [6, 6.07) is 8.95. The van der Waals surface area contributed by atoms with Crippen molar-refractivity contribution in [3.63, 3.8) is 0 Å². The molecule has 1 saturated heterocycles. The molecular weight excluding hydrogens is 314 g/mol. The number of aromatic nitrogens is 1. The van der Waals surface area contributed by atoms with Crippen LogP contribution in [0.5, 0.6) is 0 Å². The van der Waals surface area contributed by atoms with E-state index in [0.29, 0.717) is 6.04 Å². The smallest absolute Gasteiger partial charge is 0.410 e. The van der Waals surface area contributed by atoms with Gasteiger partial charge in [-0.2, -0.15) is 0 Å². The van der Waals surface area contributed by atoms with Crippen molar-refractivity contribution in [1.29, 1.82) is 0 Å². The highest BCUT2D eigenvalue weighted by Crippen LogP contribution is 2.17. The SMILES string of the molecule is CC(C)(C)OC(=O)N1CCC(NCc2ccc3cnccc3c2)CC1. The second-order valence-corrected chi connectivity index (χ2v) is 7.68. The molecular formula is C20H27N3O2. The van der Waals surface area contributed by atoms with Gasteiger partial charge in [0, 0.05) is 43.5 Å². The van der Waals surface area contributed by atoms with Gasteiger partial charge < -0.3 is 15.0 Å². The molecule has 1 aromatic heterocycles. The Kier molecular flexibility index (Phi) is 5.23. The Bertz CT molecular complexity index is 731. The normalized spacial score (nSPS) is 16.2. The first-order valence-electron chi connectivity index (χ1n) is 8.95. The highest BCUT2D eigenvalue weighted by atomic mass is 16.6. The van der Waals surface area contributed by atoms with E-state index in [4.69, 9.17) is 4.74 Å². The number of piperidine rings is 1. The summed E-state index contributed by atoms with van der Waals surface area (Å²) in [6.07, 6.45) is 5.42. The summed E-state index contributed by atoms with van der Waals surface area (Å²) in [7, 11) is 0. The van der Waals surface area contributed by atoms with Crippen LogP contribution in [0.4, 0.5) is 4.79 Å². The van der Waals surface area contributed by atoms with Gasteiger partial charge in [-0.05, 0) is 56.7 Å². The minimum atomic E-state index is -0.433. The van der Waals surface area contributed by atoms with E-state index >= 15 is 0 Å². The number of carbonyl (C=O) groups excluding carboxylic acids is 1. The van der Waals surface area contributed by atoms with Gasteiger partial charge in [0.25, 0.3) is 0 Å². The fraction of sp³-hybridized carbons (Fsp3) is 0.500. The van der Waals surface area contributed by atoms with Crippen LogP contribution < -0.4 is 5.32 Å². The van der Waals surface area contributed by atoms with Gasteiger partial charge in [-0.3, -0.25) is 4.98 Å². The summed E-state index contributed by atoms with van der Waals surface area (Å²) >= 11 is 0. The minimum absolute atomic E-state index is 0.200. The van der Waals surface area contributed by atoms with Crippen molar-refractivity contribution in [2.75, 3.05) is 13.1 Å². The molecule has 0 spiro atoms. The summed E-state index contributed by atoms with van der Waals surface area (Å²) < 4.78 is 5.44. The van der Waals surface area contributed by atoms with Crippen molar-refractivity contribution in [3.8, 4) is 0 Å². The second-order valence-electron chi connectivity index (χ2n) is 7.68. The lowest BCUT2D eigenvalue weighted by Gasteiger charge is -2.33. The van der Waals surface area contributed by atoms with Crippen molar-refractivity contribution in [1.82, 2.24) is 15.2 Å². The van der Waals surface area contributed by atoms with Crippen LogP contribution in [0.3, 0.4) is 0 Å². The van der Waals surface area contributed by atoms with Crippen molar-refractivity contribution >= 4 is 16.9 Å². The average Bonchev–Trinajstić information content (AvgIpc) is 2.59. The van der Waals surface area contributed by atoms with Gasteiger partial charge >= 0.3 is 6.09 Å². The molecule has 3 rings (SSSR count). The maximum absolute atomic E-state index is 12.1. The van der Waals surface area contributed by atoms with E-state index in [2.05, 4.69) is 28.5 Å². The van der Waals surface area contributed by atoms with Crippen LogP contribution in [0, 0.1) is 0 Å². The molecule has 2 heterocycles. The lowest BCUT2D eigenvalue weighted by molar-refractivity contribution is 0.0198. The van der Waals surface area contributed by atoms with Gasteiger partial charge in [0.15, 0.2) is 0 Å². The van der Waals surface area contributed by atoms with Crippen molar-refractivity contribution < 1.29 is 9.53 Å². The van der Waals surface area contributed by atoms with Crippen LogP contribution in [0.1, 0.15) is 39.2 Å². The molecule has 2 aromatic rings. The Morgan fingerprint density at radius 3 is 2.72 bits per heavy atom. The molecule has 0 atom stereocenters. The molecule has 1 aliphatic rings. The van der Waals surface area contributed by atoms with Gasteiger partial charge in [0.05, 0.1) is 0 Å². The lowest BCUT2D eigenvalue weighted by atomic mass is 10.0. The summed E-state index contributed by atoms with van der Waals surface area (Å²) in [5.74, 6) is 0. The third-order valence-corrected chi connectivity index (χ3v) is 4.45. The number of hydrogen-bond donors (Lipinski definition) is 1. The molecule has 25 heavy (non-hydrogen) atoms. The summed E-state index contributed by atoms with van der Waals surface area (Å²) in [4.78, 5) is 18.1. The molecule has 1 N–H and O–H groups in total. The first-order valence-corrected chi connectivity index (χ1v) is 8.95. The number of ether oxygens (including phenoxy) is 1. The van der Waals surface area contributed by atoms with Crippen LogP contribution in [0.15, 0.2) is 36.7 Å². The Balaban J connectivity index is 1.48. The van der Waals surface area contributed by atoms with Gasteiger partial charge in [-0.25, -0.2) is 4.79 Å². The van der Waals surface area contributed by atoms with E-state index in [1.54, 1.807) is 0 Å². The Morgan fingerprint density at radius 2 is 2.00 bits per heavy atom. The predicted octanol–water partition coefficient (Wildman–Crippen LogP) is 3.72. The van der Waals surface area contributed by atoms with E-state index in [9.17, 15) is 4.79 Å². The topological polar surface area (TPSA) is 54.5 Å². The zero-order valence-electron chi connectivity index (χ0n) is 15.3. The van der Waals surface area contributed by atoms with Crippen LogP contribution in [-0.4, -0.2) is 40.7 Å². The third-order valence-electron chi connectivity index (χ3n) is 4.45. The highest BCUT2D eigenvalue weighted by Gasteiger charge is 2.26. The monoisotopic (exact) mass is 341 g/mol. The zero-order valence-corrected chi connectivity index (χ0v) is 15.3. The zero-order chi connectivity index (χ0) is 17.9. The minimum Gasteiger partial charge on any atom is -0.444 e. The first-order chi connectivity index (χ1) is 11.9. The Hall–Kier alpha value is -2.14. The Labute approximate surface area is 149 Å². The number of hydrogen-bond acceptors (Lipinski definition) is 4. The Morgan fingerprint density at radius 1 is 1.24 bits per heavy atom. The van der Waals surface area contributed by atoms with Gasteiger partial charge in [-0.15, -0.1) is 0 Å². The second kappa shape index (κ2) is 7.40. The summed E-state index contributed by atoms with van der Waals surface area (Å²) in [5.41, 5.74) is 0.839. The lowest BCUT2D eigenvalue weighted by Crippen LogP contribution is -2.46. The van der Waals surface area contributed by atoms with E-state index in [0.717, 1.165) is 37.9 Å². The predicted molar refractivity (Wildman–Crippen MR) is 99.4 cm³/mol. The quantitative estimate of drug-likeness (QED) is 0.924. The average molecular weight is 341 g/mol. The highest BCUT2D eigenvalue weighted by molar-refractivity contribution is 5.81. The maximum atomic E-state index is 12.1. The number of nitrogens with zero attached hydrogens (tertiary/aromatic N) is 2. The standard InChI is InChI=1S/C20H27N3O2/c1-20(2,3)25-19(24)23-10-7-18(8-11-23)22-13-15-4-5-17-14-21-9-6-16(17)12-15/h4-6,9,12,14,18,22H,7-8,10-11,13H2,1-3H3. The molecule has 0 unspecified atom stereocenters. The molecule has 134 valence electrons. The molecule has 0 radical (unpaired) electrons. The fourth-order valence-electron chi connectivity index (χ4n) is 3.10. The number of pyridine rings is 1. The van der Waals surface area contributed by atoms with Crippen molar-refractivity contribution in [2.24, 2.45) is 0 Å². The van der Waals surface area contributed by atoms with Crippen molar-refractivity contribution in [2.45, 2.75) is 51.8 Å². The number of carbonyl (C=O) groups is 1.